The zero-order valence-corrected chi connectivity index (χ0v) is 22.7. The van der Waals surface area contributed by atoms with Crippen LogP contribution in [0.3, 0.4) is 0 Å². The van der Waals surface area contributed by atoms with E-state index < -0.39 is 6.04 Å². The van der Waals surface area contributed by atoms with Crippen LogP contribution in [0.2, 0.25) is 0 Å². The molecule has 0 aromatic heterocycles. The molecule has 1 atom stereocenters. The molecular weight excluding hydrogens is 528 g/mol. The number of benzene rings is 4. The van der Waals surface area contributed by atoms with E-state index in [-0.39, 0.29) is 18.4 Å². The van der Waals surface area contributed by atoms with Crippen LogP contribution in [-0.4, -0.2) is 35.9 Å². The molecule has 190 valence electrons. The number of rotatable bonds is 10. The van der Waals surface area contributed by atoms with Crippen LogP contribution in [0, 0.1) is 6.92 Å². The van der Waals surface area contributed by atoms with E-state index in [1.165, 1.54) is 0 Å². The highest BCUT2D eigenvalue weighted by molar-refractivity contribution is 9.10. The van der Waals surface area contributed by atoms with Crippen LogP contribution < -0.4 is 10.1 Å². The summed E-state index contributed by atoms with van der Waals surface area (Å²) in [5.41, 5.74) is 3.07. The molecule has 1 unspecified atom stereocenters. The van der Waals surface area contributed by atoms with Crippen molar-refractivity contribution in [3.05, 3.63) is 112 Å². The number of halogens is 1. The van der Waals surface area contributed by atoms with Crippen molar-refractivity contribution in [2.75, 3.05) is 13.2 Å². The van der Waals surface area contributed by atoms with Crippen molar-refractivity contribution in [2.45, 2.75) is 32.9 Å². The molecule has 37 heavy (non-hydrogen) atoms. The first-order valence-corrected chi connectivity index (χ1v) is 13.2. The van der Waals surface area contributed by atoms with Crippen LogP contribution in [0.25, 0.3) is 10.8 Å². The number of nitrogens with zero attached hydrogens (tertiary/aromatic N) is 1. The summed E-state index contributed by atoms with van der Waals surface area (Å²) < 4.78 is 6.81. The number of fused-ring (bicyclic) bond motifs is 1. The summed E-state index contributed by atoms with van der Waals surface area (Å²) in [5, 5.41) is 5.00. The lowest BCUT2D eigenvalue weighted by atomic mass is 10.0. The Morgan fingerprint density at radius 2 is 1.59 bits per heavy atom. The van der Waals surface area contributed by atoms with Crippen molar-refractivity contribution in [3.8, 4) is 5.75 Å². The lowest BCUT2D eigenvalue weighted by Gasteiger charge is -2.31. The molecule has 0 spiro atoms. The molecule has 0 fully saturated rings. The van der Waals surface area contributed by atoms with Crippen LogP contribution in [0.4, 0.5) is 0 Å². The number of aryl methyl sites for hydroxylation is 1. The van der Waals surface area contributed by atoms with Gasteiger partial charge in [0.25, 0.3) is 5.91 Å². The smallest absolute Gasteiger partial charge is 0.261 e. The minimum atomic E-state index is -0.681. The molecule has 4 aromatic rings. The fourth-order valence-electron chi connectivity index (χ4n) is 4.28. The van der Waals surface area contributed by atoms with E-state index in [9.17, 15) is 9.59 Å². The molecular formula is C31H31BrN2O3. The summed E-state index contributed by atoms with van der Waals surface area (Å²) in [6.07, 6.45) is 0.407. The van der Waals surface area contributed by atoms with Crippen LogP contribution in [0.5, 0.6) is 5.75 Å². The summed E-state index contributed by atoms with van der Waals surface area (Å²) in [7, 11) is 0. The van der Waals surface area contributed by atoms with Crippen LogP contribution >= 0.6 is 15.9 Å². The van der Waals surface area contributed by atoms with E-state index in [0.717, 1.165) is 31.9 Å². The third kappa shape index (κ3) is 6.77. The third-order valence-corrected chi connectivity index (χ3v) is 7.09. The van der Waals surface area contributed by atoms with Crippen molar-refractivity contribution < 1.29 is 14.3 Å². The van der Waals surface area contributed by atoms with E-state index in [4.69, 9.17) is 4.74 Å². The van der Waals surface area contributed by atoms with E-state index in [0.29, 0.717) is 25.3 Å². The molecule has 0 saturated heterocycles. The number of amides is 2. The Balaban J connectivity index is 1.62. The van der Waals surface area contributed by atoms with Crippen LogP contribution in [0.15, 0.2) is 95.5 Å². The van der Waals surface area contributed by atoms with Gasteiger partial charge < -0.3 is 15.0 Å². The maximum atomic E-state index is 13.7. The minimum Gasteiger partial charge on any atom is -0.483 e. The van der Waals surface area contributed by atoms with Gasteiger partial charge in [-0.05, 0) is 57.7 Å². The molecule has 0 aliphatic heterocycles. The monoisotopic (exact) mass is 558 g/mol. The van der Waals surface area contributed by atoms with Gasteiger partial charge in [0.15, 0.2) is 6.61 Å². The van der Waals surface area contributed by atoms with Gasteiger partial charge in [-0.15, -0.1) is 0 Å². The second kappa shape index (κ2) is 12.5. The molecule has 1 N–H and O–H groups in total. The fraction of sp³-hybridized carbons (Fsp3) is 0.226. The van der Waals surface area contributed by atoms with Crippen molar-refractivity contribution in [1.82, 2.24) is 10.2 Å². The SMILES string of the molecule is CCNC(=O)C(Cc1ccccc1)N(Cc1ccc(C)cc1)C(=O)COc1ccc2ccccc2c1Br. The summed E-state index contributed by atoms with van der Waals surface area (Å²) in [5.74, 6) is 0.145. The quantitative estimate of drug-likeness (QED) is 0.257. The van der Waals surface area contributed by atoms with Crippen molar-refractivity contribution in [2.24, 2.45) is 0 Å². The summed E-state index contributed by atoms with van der Waals surface area (Å²) in [4.78, 5) is 28.6. The topological polar surface area (TPSA) is 58.6 Å². The Morgan fingerprint density at radius 1 is 0.892 bits per heavy atom. The third-order valence-electron chi connectivity index (χ3n) is 6.27. The highest BCUT2D eigenvalue weighted by Gasteiger charge is 2.30. The average molecular weight is 560 g/mol. The molecule has 0 bridgehead atoms. The Bertz CT molecular complexity index is 1360. The van der Waals surface area contributed by atoms with Gasteiger partial charge in [0.1, 0.15) is 11.8 Å². The van der Waals surface area contributed by atoms with Gasteiger partial charge in [-0.2, -0.15) is 0 Å². The molecule has 0 heterocycles. The minimum absolute atomic E-state index is 0.182. The van der Waals surface area contributed by atoms with Crippen LogP contribution in [-0.2, 0) is 22.6 Å². The molecule has 2 amide bonds. The standard InChI is InChI=1S/C31H31BrN2O3/c1-3-33-31(36)27(19-23-9-5-4-6-10-23)34(20-24-15-13-22(2)14-16-24)29(35)21-37-28-18-17-25-11-7-8-12-26(25)30(28)32/h4-18,27H,3,19-21H2,1-2H3,(H,33,36). The molecule has 5 nitrogen and oxygen atoms in total. The maximum Gasteiger partial charge on any atom is 0.261 e. The number of carbonyl (C=O) groups excluding carboxylic acids is 2. The summed E-state index contributed by atoms with van der Waals surface area (Å²) in [6.45, 7) is 4.50. The first-order valence-electron chi connectivity index (χ1n) is 12.4. The van der Waals surface area contributed by atoms with E-state index in [1.54, 1.807) is 4.90 Å². The molecule has 6 heteroatoms. The Labute approximate surface area is 226 Å². The van der Waals surface area contributed by atoms with Gasteiger partial charge in [0, 0.05) is 19.5 Å². The lowest BCUT2D eigenvalue weighted by Crippen LogP contribution is -2.51. The number of ether oxygens (including phenoxy) is 1. The predicted molar refractivity (Wildman–Crippen MR) is 151 cm³/mol. The second-order valence-electron chi connectivity index (χ2n) is 8.99. The Hall–Kier alpha value is -3.64. The van der Waals surface area contributed by atoms with Gasteiger partial charge in [0.2, 0.25) is 5.91 Å². The Kier molecular flexibility index (Phi) is 8.96. The van der Waals surface area contributed by atoms with E-state index in [2.05, 4.69) is 21.2 Å². The van der Waals surface area contributed by atoms with E-state index in [1.807, 2.05) is 105 Å². The molecule has 0 saturated carbocycles. The number of hydrogen-bond acceptors (Lipinski definition) is 3. The zero-order chi connectivity index (χ0) is 26.2. The van der Waals surface area contributed by atoms with Gasteiger partial charge >= 0.3 is 0 Å². The van der Waals surface area contributed by atoms with Gasteiger partial charge in [-0.3, -0.25) is 9.59 Å². The maximum absolute atomic E-state index is 13.7. The molecule has 0 radical (unpaired) electrons. The van der Waals surface area contributed by atoms with Gasteiger partial charge in [0.05, 0.1) is 4.47 Å². The number of likely N-dealkylation sites (N-methyl/N-ethyl adjacent to an activating group) is 1. The molecule has 0 aliphatic carbocycles. The number of nitrogens with one attached hydrogen (secondary N) is 1. The summed E-state index contributed by atoms with van der Waals surface area (Å²) in [6, 6.07) is 28.9. The largest absolute Gasteiger partial charge is 0.483 e. The van der Waals surface area contributed by atoms with Gasteiger partial charge in [-0.25, -0.2) is 0 Å². The van der Waals surface area contributed by atoms with E-state index >= 15 is 0 Å². The fourth-order valence-corrected chi connectivity index (χ4v) is 4.89. The Morgan fingerprint density at radius 3 is 2.32 bits per heavy atom. The van der Waals surface area contributed by atoms with Crippen molar-refractivity contribution in [3.63, 3.8) is 0 Å². The van der Waals surface area contributed by atoms with Crippen LogP contribution in [0.1, 0.15) is 23.6 Å². The lowest BCUT2D eigenvalue weighted by molar-refractivity contribution is -0.142. The zero-order valence-electron chi connectivity index (χ0n) is 21.1. The van der Waals surface area contributed by atoms with Crippen molar-refractivity contribution in [1.29, 1.82) is 0 Å². The van der Waals surface area contributed by atoms with Gasteiger partial charge in [-0.1, -0.05) is 90.5 Å². The van der Waals surface area contributed by atoms with Crippen molar-refractivity contribution >= 4 is 38.5 Å². The second-order valence-corrected chi connectivity index (χ2v) is 9.79. The first-order chi connectivity index (χ1) is 18.0. The molecule has 4 rings (SSSR count). The highest BCUT2D eigenvalue weighted by Crippen LogP contribution is 2.33. The number of hydrogen-bond donors (Lipinski definition) is 1. The predicted octanol–water partition coefficient (Wildman–Crippen LogP) is 6.07. The molecule has 0 aliphatic rings. The first kappa shape index (κ1) is 26.4. The number of carbonyl (C=O) groups is 2. The summed E-state index contributed by atoms with van der Waals surface area (Å²) >= 11 is 3.63. The highest BCUT2D eigenvalue weighted by atomic mass is 79.9. The average Bonchev–Trinajstić information content (AvgIpc) is 2.92. The normalized spacial score (nSPS) is 11.6. The molecule has 4 aromatic carbocycles.